The van der Waals surface area contributed by atoms with Crippen LogP contribution in [0.2, 0.25) is 0 Å². The number of hydrogen-bond donors (Lipinski definition) is 7. The lowest BCUT2D eigenvalue weighted by molar-refractivity contribution is -0.155. The smallest absolute Gasteiger partial charge is 0.323 e. The first kappa shape index (κ1) is 31.9. The second kappa shape index (κ2) is 14.8. The lowest BCUT2D eigenvalue weighted by atomic mass is 10.0. The molecule has 43 heavy (non-hydrogen) atoms. The fourth-order valence-corrected chi connectivity index (χ4v) is 4.37. The summed E-state index contributed by atoms with van der Waals surface area (Å²) in [6.07, 6.45) is 0.470. The number of nitrogens with two attached hydrogens (primary N) is 4. The van der Waals surface area contributed by atoms with Crippen LogP contribution < -0.4 is 33.6 Å². The van der Waals surface area contributed by atoms with Crippen molar-refractivity contribution in [3.63, 3.8) is 0 Å². The van der Waals surface area contributed by atoms with Gasteiger partial charge in [-0.25, -0.2) is 9.98 Å². The molecular weight excluding hydrogens is 560 g/mol. The summed E-state index contributed by atoms with van der Waals surface area (Å²) < 4.78 is 0. The van der Waals surface area contributed by atoms with Crippen LogP contribution in [-0.2, 0) is 14.4 Å². The van der Waals surface area contributed by atoms with Crippen LogP contribution in [0.15, 0.2) is 58.5 Å². The Hall–Kier alpha value is -5.67. The van der Waals surface area contributed by atoms with Crippen LogP contribution in [-0.4, -0.2) is 95.2 Å². The second-order valence-corrected chi connectivity index (χ2v) is 9.50. The molecule has 1 heterocycles. The first-order valence-electron chi connectivity index (χ1n) is 13.2. The van der Waals surface area contributed by atoms with Crippen LogP contribution in [0.25, 0.3) is 0 Å². The van der Waals surface area contributed by atoms with Crippen LogP contribution in [0, 0.1) is 0 Å². The molecule has 1 atom stereocenters. The summed E-state index contributed by atoms with van der Waals surface area (Å²) in [6.45, 7) is -0.591. The third-order valence-electron chi connectivity index (χ3n) is 6.35. The molecule has 0 spiro atoms. The van der Waals surface area contributed by atoms with E-state index in [1.165, 1.54) is 34.1 Å². The van der Waals surface area contributed by atoms with Gasteiger partial charge in [0.15, 0.2) is 11.9 Å². The van der Waals surface area contributed by atoms with Crippen molar-refractivity contribution in [2.24, 2.45) is 32.9 Å². The molecule has 1 fully saturated rings. The molecule has 1 saturated heterocycles. The van der Waals surface area contributed by atoms with Crippen LogP contribution in [0.5, 0.6) is 0 Å². The predicted octanol–water partition coefficient (Wildman–Crippen LogP) is -1.44. The predicted molar refractivity (Wildman–Crippen MR) is 157 cm³/mol. The summed E-state index contributed by atoms with van der Waals surface area (Å²) in [5.41, 5.74) is 22.9. The van der Waals surface area contributed by atoms with Gasteiger partial charge in [-0.1, -0.05) is 0 Å². The molecule has 3 rings (SSSR count). The molecule has 16 heteroatoms. The standard InChI is InChI=1S/C27H34N10O6/c28-26(29)34-18-7-3-16(4-8-18)23(41)32-11-1-2-20-25(43)36(15-22(39)40)12-13-37(20)21(38)14-33-24(42)17-5-9-19(10-6-17)35-27(30)31/h3-10,20H,1-2,11-15H2,(H,32,41)(H,33,42)(H,39,40)(H4,28,29,34)(H4,30,31,35)/t20-/m1/s1. The maximum Gasteiger partial charge on any atom is 0.323 e. The minimum Gasteiger partial charge on any atom is -0.480 e. The summed E-state index contributed by atoms with van der Waals surface area (Å²) in [5.74, 6) is -3.33. The van der Waals surface area contributed by atoms with Crippen LogP contribution >= 0.6 is 0 Å². The highest BCUT2D eigenvalue weighted by molar-refractivity contribution is 5.98. The molecule has 228 valence electrons. The molecule has 0 aromatic heterocycles. The summed E-state index contributed by atoms with van der Waals surface area (Å²) in [5, 5.41) is 14.5. The quantitative estimate of drug-likeness (QED) is 0.0854. The fourth-order valence-electron chi connectivity index (χ4n) is 4.37. The van der Waals surface area contributed by atoms with Crippen molar-refractivity contribution in [3.8, 4) is 0 Å². The van der Waals surface area contributed by atoms with Gasteiger partial charge in [0.2, 0.25) is 11.8 Å². The van der Waals surface area contributed by atoms with E-state index in [2.05, 4.69) is 20.6 Å². The fraction of sp³-hybridized carbons (Fsp3) is 0.296. The van der Waals surface area contributed by atoms with Gasteiger partial charge in [0.25, 0.3) is 11.8 Å². The molecule has 0 unspecified atom stereocenters. The Kier molecular flexibility index (Phi) is 11.0. The van der Waals surface area contributed by atoms with Crippen molar-refractivity contribution in [3.05, 3.63) is 59.7 Å². The molecule has 0 saturated carbocycles. The number of carbonyl (C=O) groups excluding carboxylic acids is 4. The summed E-state index contributed by atoms with van der Waals surface area (Å²) in [6, 6.07) is 11.4. The number of rotatable bonds is 12. The molecular formula is C27H34N10O6. The van der Waals surface area contributed by atoms with Crippen LogP contribution in [0.4, 0.5) is 11.4 Å². The Balaban J connectivity index is 1.59. The number of amides is 4. The molecule has 16 nitrogen and oxygen atoms in total. The Labute approximate surface area is 246 Å². The number of nitrogens with zero attached hydrogens (tertiary/aromatic N) is 4. The third kappa shape index (κ3) is 9.44. The van der Waals surface area contributed by atoms with Gasteiger partial charge in [-0.15, -0.1) is 0 Å². The van der Waals surface area contributed by atoms with E-state index in [-0.39, 0.29) is 56.0 Å². The third-order valence-corrected chi connectivity index (χ3v) is 6.35. The van der Waals surface area contributed by atoms with Crippen LogP contribution in [0.1, 0.15) is 33.6 Å². The number of hydrogen-bond acceptors (Lipinski definition) is 7. The van der Waals surface area contributed by atoms with E-state index in [1.807, 2.05) is 0 Å². The topological polar surface area (TPSA) is 265 Å². The van der Waals surface area contributed by atoms with Crippen molar-refractivity contribution in [1.29, 1.82) is 0 Å². The van der Waals surface area contributed by atoms with E-state index in [1.54, 1.807) is 24.3 Å². The van der Waals surface area contributed by atoms with Gasteiger partial charge >= 0.3 is 5.97 Å². The lowest BCUT2D eigenvalue weighted by Gasteiger charge is -2.40. The zero-order chi connectivity index (χ0) is 31.5. The van der Waals surface area contributed by atoms with E-state index in [9.17, 15) is 29.1 Å². The van der Waals surface area contributed by atoms with Crippen molar-refractivity contribution < 1.29 is 29.1 Å². The van der Waals surface area contributed by atoms with Crippen molar-refractivity contribution in [2.75, 3.05) is 32.7 Å². The second-order valence-electron chi connectivity index (χ2n) is 9.50. The lowest BCUT2D eigenvalue weighted by Crippen LogP contribution is -2.60. The van der Waals surface area contributed by atoms with Crippen LogP contribution in [0.3, 0.4) is 0 Å². The zero-order valence-electron chi connectivity index (χ0n) is 23.2. The summed E-state index contributed by atoms with van der Waals surface area (Å²) in [7, 11) is 0. The Morgan fingerprint density at radius 1 is 0.814 bits per heavy atom. The molecule has 2 aromatic carbocycles. The zero-order valence-corrected chi connectivity index (χ0v) is 23.2. The highest BCUT2D eigenvalue weighted by Gasteiger charge is 2.37. The SMILES string of the molecule is NC(N)=Nc1ccc(C(=O)NCCC[C@@H]2C(=O)N(CC(=O)O)CCN2C(=O)CNC(=O)c2ccc(N=C(N)N)cc2)cc1. The molecule has 1 aliphatic heterocycles. The average molecular weight is 595 g/mol. The number of carbonyl (C=O) groups is 5. The maximum atomic E-state index is 13.1. The van der Waals surface area contributed by atoms with Gasteiger partial charge in [0, 0.05) is 30.8 Å². The van der Waals surface area contributed by atoms with Gasteiger partial charge < -0.3 is 48.5 Å². The number of aliphatic imine (C=N–C) groups is 2. The first-order chi connectivity index (χ1) is 20.4. The molecule has 0 aliphatic carbocycles. The maximum absolute atomic E-state index is 13.1. The van der Waals surface area contributed by atoms with E-state index in [4.69, 9.17) is 22.9 Å². The van der Waals surface area contributed by atoms with Gasteiger partial charge in [0.1, 0.15) is 12.6 Å². The monoisotopic (exact) mass is 594 g/mol. The summed E-state index contributed by atoms with van der Waals surface area (Å²) in [4.78, 5) is 72.8. The normalized spacial score (nSPS) is 14.4. The minimum atomic E-state index is -1.18. The van der Waals surface area contributed by atoms with Crippen molar-refractivity contribution >= 4 is 52.9 Å². The number of nitrogens with one attached hydrogen (secondary N) is 2. The number of carboxylic acid groups (broad SMARTS) is 1. The van der Waals surface area contributed by atoms with Gasteiger partial charge in [-0.05, 0) is 61.4 Å². The highest BCUT2D eigenvalue weighted by Crippen LogP contribution is 2.18. The molecule has 2 aromatic rings. The minimum absolute atomic E-state index is 0.0279. The first-order valence-corrected chi connectivity index (χ1v) is 13.2. The van der Waals surface area contributed by atoms with Crippen molar-refractivity contribution in [1.82, 2.24) is 20.4 Å². The van der Waals surface area contributed by atoms with E-state index < -0.39 is 36.3 Å². The molecule has 4 amide bonds. The number of aliphatic carboxylic acids is 1. The molecule has 0 bridgehead atoms. The van der Waals surface area contributed by atoms with E-state index in [0.29, 0.717) is 23.4 Å². The summed E-state index contributed by atoms with van der Waals surface area (Å²) >= 11 is 0. The van der Waals surface area contributed by atoms with E-state index >= 15 is 0 Å². The number of carboxylic acids is 1. The van der Waals surface area contributed by atoms with Gasteiger partial charge in [-0.2, -0.15) is 0 Å². The molecule has 0 radical (unpaired) electrons. The van der Waals surface area contributed by atoms with E-state index in [0.717, 1.165) is 0 Å². The molecule has 11 N–H and O–H groups in total. The average Bonchev–Trinajstić information content (AvgIpc) is 2.95. The highest BCUT2D eigenvalue weighted by atomic mass is 16.4. The number of benzene rings is 2. The molecule has 1 aliphatic rings. The Bertz CT molecular complexity index is 1400. The number of piperazine rings is 1. The largest absolute Gasteiger partial charge is 0.480 e. The number of guanidine groups is 2. The van der Waals surface area contributed by atoms with Gasteiger partial charge in [-0.3, -0.25) is 24.0 Å². The Morgan fingerprint density at radius 2 is 1.33 bits per heavy atom. The van der Waals surface area contributed by atoms with Gasteiger partial charge in [0.05, 0.1) is 17.9 Å². The van der Waals surface area contributed by atoms with Crippen molar-refractivity contribution in [2.45, 2.75) is 18.9 Å². The Morgan fingerprint density at radius 3 is 1.81 bits per heavy atom.